The van der Waals surface area contributed by atoms with Crippen molar-refractivity contribution in [2.24, 2.45) is 0 Å². The molecule has 1 heterocycles. The molecule has 2 atom stereocenters. The third-order valence-electron chi connectivity index (χ3n) is 4.04. The SMILES string of the molecule is C=C(CCNC(=C)CN1C(C)CCCC1C)NCCS. The topological polar surface area (TPSA) is 27.3 Å². The van der Waals surface area contributed by atoms with Gasteiger partial charge < -0.3 is 10.6 Å². The molecule has 1 aliphatic heterocycles. The average Bonchev–Trinajstić information content (AvgIpc) is 2.41. The van der Waals surface area contributed by atoms with Gasteiger partial charge in [-0.05, 0) is 26.7 Å². The first-order valence-electron chi connectivity index (χ1n) is 7.74. The molecule has 0 amide bonds. The summed E-state index contributed by atoms with van der Waals surface area (Å²) in [5.41, 5.74) is 2.19. The number of piperidine rings is 1. The number of nitrogens with zero attached hydrogens (tertiary/aromatic N) is 1. The van der Waals surface area contributed by atoms with Crippen LogP contribution in [0, 0.1) is 0 Å². The van der Waals surface area contributed by atoms with Gasteiger partial charge in [-0.25, -0.2) is 0 Å². The fourth-order valence-electron chi connectivity index (χ4n) is 2.77. The van der Waals surface area contributed by atoms with Gasteiger partial charge in [0.25, 0.3) is 0 Å². The summed E-state index contributed by atoms with van der Waals surface area (Å²) in [6.45, 7) is 15.6. The minimum Gasteiger partial charge on any atom is -0.388 e. The Morgan fingerprint density at radius 3 is 2.30 bits per heavy atom. The van der Waals surface area contributed by atoms with Crippen LogP contribution < -0.4 is 10.6 Å². The van der Waals surface area contributed by atoms with E-state index in [1.54, 1.807) is 0 Å². The largest absolute Gasteiger partial charge is 0.388 e. The van der Waals surface area contributed by atoms with Crippen molar-refractivity contribution >= 4 is 12.6 Å². The quantitative estimate of drug-likeness (QED) is 0.571. The Labute approximate surface area is 130 Å². The zero-order valence-corrected chi connectivity index (χ0v) is 14.0. The molecule has 0 aliphatic carbocycles. The summed E-state index contributed by atoms with van der Waals surface area (Å²) in [7, 11) is 0. The van der Waals surface area contributed by atoms with Crippen LogP contribution in [0.25, 0.3) is 0 Å². The Morgan fingerprint density at radius 1 is 1.10 bits per heavy atom. The molecule has 0 aromatic rings. The van der Waals surface area contributed by atoms with Crippen LogP contribution in [0.2, 0.25) is 0 Å². The summed E-state index contributed by atoms with van der Waals surface area (Å²) in [6.07, 6.45) is 4.90. The predicted octanol–water partition coefficient (Wildman–Crippen LogP) is 2.78. The summed E-state index contributed by atoms with van der Waals surface area (Å²) < 4.78 is 0. The van der Waals surface area contributed by atoms with Crippen molar-refractivity contribution in [2.45, 2.75) is 51.6 Å². The molecule has 0 radical (unpaired) electrons. The van der Waals surface area contributed by atoms with E-state index >= 15 is 0 Å². The highest BCUT2D eigenvalue weighted by atomic mass is 32.1. The molecule has 0 bridgehead atoms. The van der Waals surface area contributed by atoms with E-state index in [9.17, 15) is 0 Å². The standard InChI is InChI=1S/C16H31N3S/c1-13(18-10-11-20)8-9-17-14(2)12-19-15(3)6-5-7-16(19)4/h15-18,20H,1-2,5-12H2,3-4H3. The van der Waals surface area contributed by atoms with Crippen LogP contribution in [-0.4, -0.2) is 42.4 Å². The van der Waals surface area contributed by atoms with Crippen molar-refractivity contribution in [3.63, 3.8) is 0 Å². The molecule has 2 unspecified atom stereocenters. The fraction of sp³-hybridized carbons (Fsp3) is 0.750. The summed E-state index contributed by atoms with van der Waals surface area (Å²) in [5, 5.41) is 6.67. The third-order valence-corrected chi connectivity index (χ3v) is 4.26. The van der Waals surface area contributed by atoms with Gasteiger partial charge in [0.15, 0.2) is 0 Å². The Morgan fingerprint density at radius 2 is 1.70 bits per heavy atom. The lowest BCUT2D eigenvalue weighted by Gasteiger charge is -2.39. The van der Waals surface area contributed by atoms with Crippen LogP contribution in [0.3, 0.4) is 0 Å². The van der Waals surface area contributed by atoms with Crippen molar-refractivity contribution in [2.75, 3.05) is 25.4 Å². The van der Waals surface area contributed by atoms with Crippen molar-refractivity contribution < 1.29 is 0 Å². The van der Waals surface area contributed by atoms with Crippen LogP contribution in [0.4, 0.5) is 0 Å². The Hall–Kier alpha value is -0.610. The summed E-state index contributed by atoms with van der Waals surface area (Å²) >= 11 is 4.17. The number of nitrogens with one attached hydrogen (secondary N) is 2. The Balaban J connectivity index is 2.21. The van der Waals surface area contributed by atoms with Gasteiger partial charge in [-0.3, -0.25) is 4.90 Å². The van der Waals surface area contributed by atoms with Crippen molar-refractivity contribution in [3.8, 4) is 0 Å². The zero-order valence-electron chi connectivity index (χ0n) is 13.1. The monoisotopic (exact) mass is 297 g/mol. The maximum absolute atomic E-state index is 4.17. The molecular formula is C16H31N3S. The van der Waals surface area contributed by atoms with E-state index in [-0.39, 0.29) is 0 Å². The average molecular weight is 298 g/mol. The highest BCUT2D eigenvalue weighted by Gasteiger charge is 2.24. The number of thiol groups is 1. The summed E-state index contributed by atoms with van der Waals surface area (Å²) in [4.78, 5) is 2.56. The lowest BCUT2D eigenvalue weighted by Crippen LogP contribution is -2.45. The Kier molecular flexibility index (Phi) is 8.15. The van der Waals surface area contributed by atoms with Gasteiger partial charge in [0.05, 0.1) is 0 Å². The van der Waals surface area contributed by atoms with Crippen LogP contribution in [0.15, 0.2) is 24.6 Å². The third kappa shape index (κ3) is 6.23. The molecule has 20 heavy (non-hydrogen) atoms. The minimum atomic E-state index is 0.671. The van der Waals surface area contributed by atoms with Gasteiger partial charge in [-0.15, -0.1) is 0 Å². The van der Waals surface area contributed by atoms with Crippen molar-refractivity contribution in [1.82, 2.24) is 15.5 Å². The van der Waals surface area contributed by atoms with Gasteiger partial charge in [-0.2, -0.15) is 12.6 Å². The molecule has 4 heteroatoms. The first-order valence-corrected chi connectivity index (χ1v) is 8.37. The molecule has 1 fully saturated rings. The van der Waals surface area contributed by atoms with Gasteiger partial charge >= 0.3 is 0 Å². The molecule has 116 valence electrons. The first kappa shape index (κ1) is 17.4. The van der Waals surface area contributed by atoms with Gasteiger partial charge in [0, 0.05) is 55.3 Å². The maximum atomic E-state index is 4.17. The maximum Gasteiger partial charge on any atom is 0.0381 e. The van der Waals surface area contributed by atoms with Crippen molar-refractivity contribution in [1.29, 1.82) is 0 Å². The second-order valence-corrected chi connectivity index (χ2v) is 6.28. The van der Waals surface area contributed by atoms with E-state index in [4.69, 9.17) is 0 Å². The number of likely N-dealkylation sites (tertiary alicyclic amines) is 1. The molecule has 1 aliphatic rings. The van der Waals surface area contributed by atoms with E-state index in [1.165, 1.54) is 19.3 Å². The first-order chi connectivity index (χ1) is 9.54. The highest BCUT2D eigenvalue weighted by Crippen LogP contribution is 2.22. The van der Waals surface area contributed by atoms with Crippen LogP contribution in [0.5, 0.6) is 0 Å². The van der Waals surface area contributed by atoms with Gasteiger partial charge in [0.2, 0.25) is 0 Å². The molecule has 0 aromatic carbocycles. The van der Waals surface area contributed by atoms with E-state index in [2.05, 4.69) is 55.2 Å². The van der Waals surface area contributed by atoms with E-state index in [0.29, 0.717) is 12.1 Å². The molecule has 3 nitrogen and oxygen atoms in total. The van der Waals surface area contributed by atoms with E-state index in [1.807, 2.05) is 0 Å². The smallest absolute Gasteiger partial charge is 0.0381 e. The number of rotatable bonds is 9. The predicted molar refractivity (Wildman–Crippen MR) is 92.2 cm³/mol. The molecule has 2 N–H and O–H groups in total. The molecule has 0 aromatic heterocycles. The zero-order chi connectivity index (χ0) is 15.0. The van der Waals surface area contributed by atoms with Crippen LogP contribution in [0.1, 0.15) is 39.5 Å². The molecule has 0 saturated carbocycles. The summed E-state index contributed by atoms with van der Waals surface area (Å²) in [6, 6.07) is 1.34. The lowest BCUT2D eigenvalue weighted by atomic mass is 9.97. The second kappa shape index (κ2) is 9.35. The number of hydrogen-bond acceptors (Lipinski definition) is 4. The van der Waals surface area contributed by atoms with Gasteiger partial charge in [-0.1, -0.05) is 19.6 Å². The number of hydrogen-bond donors (Lipinski definition) is 3. The molecule has 1 rings (SSSR count). The molecule has 0 spiro atoms. The molecular weight excluding hydrogens is 266 g/mol. The van der Waals surface area contributed by atoms with Crippen LogP contribution >= 0.6 is 12.6 Å². The lowest BCUT2D eigenvalue weighted by molar-refractivity contribution is 0.113. The second-order valence-electron chi connectivity index (χ2n) is 5.84. The fourth-order valence-corrected chi connectivity index (χ4v) is 2.89. The van der Waals surface area contributed by atoms with Crippen molar-refractivity contribution in [3.05, 3.63) is 24.6 Å². The normalized spacial score (nSPS) is 23.4. The molecule has 1 saturated heterocycles. The van der Waals surface area contributed by atoms with E-state index < -0.39 is 0 Å². The van der Waals surface area contributed by atoms with E-state index in [0.717, 1.165) is 43.2 Å². The Bertz CT molecular complexity index is 307. The minimum absolute atomic E-state index is 0.671. The van der Waals surface area contributed by atoms with Gasteiger partial charge in [0.1, 0.15) is 0 Å². The highest BCUT2D eigenvalue weighted by molar-refractivity contribution is 7.80. The van der Waals surface area contributed by atoms with Crippen LogP contribution in [-0.2, 0) is 0 Å². The summed E-state index contributed by atoms with van der Waals surface area (Å²) in [5.74, 6) is 0.837.